The Hall–Kier alpha value is -3.11. The predicted molar refractivity (Wildman–Crippen MR) is 74.8 cm³/mol. The average Bonchev–Trinajstić information content (AvgIpc) is 2.49. The van der Waals surface area contributed by atoms with Crippen LogP contribution in [0.1, 0.15) is 0 Å². The molecule has 0 unspecified atom stereocenters. The van der Waals surface area contributed by atoms with E-state index >= 15 is 0 Å². The molecule has 2 aromatic carbocycles. The summed E-state index contributed by atoms with van der Waals surface area (Å²) < 4.78 is 13.2. The Labute approximate surface area is 116 Å². The van der Waals surface area contributed by atoms with Gasteiger partial charge in [-0.1, -0.05) is 24.3 Å². The van der Waals surface area contributed by atoms with Crippen molar-refractivity contribution in [1.82, 2.24) is 0 Å². The lowest BCUT2D eigenvalue weighted by molar-refractivity contribution is 0.628. The molecule has 96 valence electrons. The van der Waals surface area contributed by atoms with Crippen molar-refractivity contribution >= 4 is 5.69 Å². The standard InChI is InChI=1S/C16H10FN3/c17-15-5-1-3-13(7-15)14-4-2-6-16(8-14)20-11-12(9-18)10-19/h1-8,11,20H. The van der Waals surface area contributed by atoms with Crippen LogP contribution in [0.2, 0.25) is 0 Å². The number of benzene rings is 2. The van der Waals surface area contributed by atoms with Crippen LogP contribution in [0.5, 0.6) is 0 Å². The third-order valence-corrected chi connectivity index (χ3v) is 2.64. The molecule has 1 N–H and O–H groups in total. The molecule has 0 saturated carbocycles. The minimum atomic E-state index is -0.294. The summed E-state index contributed by atoms with van der Waals surface area (Å²) in [6.45, 7) is 0. The van der Waals surface area contributed by atoms with Crippen LogP contribution in [-0.4, -0.2) is 0 Å². The van der Waals surface area contributed by atoms with Gasteiger partial charge in [0.25, 0.3) is 0 Å². The van der Waals surface area contributed by atoms with Crippen molar-refractivity contribution in [3.8, 4) is 23.3 Å². The first-order chi connectivity index (χ1) is 9.72. The largest absolute Gasteiger partial charge is 0.360 e. The van der Waals surface area contributed by atoms with Crippen LogP contribution < -0.4 is 5.32 Å². The van der Waals surface area contributed by atoms with Crippen LogP contribution in [0, 0.1) is 28.5 Å². The highest BCUT2D eigenvalue weighted by molar-refractivity contribution is 5.68. The summed E-state index contributed by atoms with van der Waals surface area (Å²) in [6.07, 6.45) is 1.34. The third-order valence-electron chi connectivity index (χ3n) is 2.64. The van der Waals surface area contributed by atoms with E-state index in [2.05, 4.69) is 5.32 Å². The fourth-order valence-electron chi connectivity index (χ4n) is 1.70. The Bertz CT molecular complexity index is 720. The molecular formula is C16H10FN3. The van der Waals surface area contributed by atoms with E-state index in [1.54, 1.807) is 24.3 Å². The molecule has 20 heavy (non-hydrogen) atoms. The quantitative estimate of drug-likeness (QED) is 0.856. The second-order valence-electron chi connectivity index (χ2n) is 4.02. The van der Waals surface area contributed by atoms with Crippen LogP contribution in [0.3, 0.4) is 0 Å². The lowest BCUT2D eigenvalue weighted by atomic mass is 10.1. The molecule has 0 bridgehead atoms. The van der Waals surface area contributed by atoms with Gasteiger partial charge in [0.05, 0.1) is 0 Å². The molecular weight excluding hydrogens is 253 g/mol. The number of nitriles is 2. The third kappa shape index (κ3) is 3.22. The van der Waals surface area contributed by atoms with E-state index < -0.39 is 0 Å². The molecule has 0 fully saturated rings. The molecule has 2 aromatic rings. The number of anilines is 1. The predicted octanol–water partition coefficient (Wildman–Crippen LogP) is 3.84. The van der Waals surface area contributed by atoms with Crippen LogP contribution in [0.4, 0.5) is 10.1 Å². The van der Waals surface area contributed by atoms with E-state index in [0.29, 0.717) is 0 Å². The van der Waals surface area contributed by atoms with Crippen molar-refractivity contribution < 1.29 is 4.39 Å². The van der Waals surface area contributed by atoms with E-state index in [0.717, 1.165) is 16.8 Å². The van der Waals surface area contributed by atoms with Crippen LogP contribution in [0.15, 0.2) is 60.3 Å². The van der Waals surface area contributed by atoms with Crippen molar-refractivity contribution in [3.63, 3.8) is 0 Å². The van der Waals surface area contributed by atoms with Gasteiger partial charge < -0.3 is 5.32 Å². The number of rotatable bonds is 3. The van der Waals surface area contributed by atoms with E-state index in [1.807, 2.05) is 24.3 Å². The SMILES string of the molecule is N#CC(C#N)=CNc1cccc(-c2cccc(F)c2)c1. The van der Waals surface area contributed by atoms with E-state index in [-0.39, 0.29) is 11.4 Å². The van der Waals surface area contributed by atoms with Gasteiger partial charge in [-0.25, -0.2) is 4.39 Å². The summed E-state index contributed by atoms with van der Waals surface area (Å²) in [4.78, 5) is 0. The van der Waals surface area contributed by atoms with E-state index in [9.17, 15) is 4.39 Å². The van der Waals surface area contributed by atoms with Gasteiger partial charge in [0.1, 0.15) is 23.5 Å². The van der Waals surface area contributed by atoms with Gasteiger partial charge in [0, 0.05) is 11.9 Å². The van der Waals surface area contributed by atoms with Crippen molar-refractivity contribution in [2.45, 2.75) is 0 Å². The highest BCUT2D eigenvalue weighted by Gasteiger charge is 2.00. The van der Waals surface area contributed by atoms with Gasteiger partial charge in [-0.2, -0.15) is 10.5 Å². The number of hydrogen-bond acceptors (Lipinski definition) is 3. The summed E-state index contributed by atoms with van der Waals surface area (Å²) in [6, 6.07) is 17.1. The van der Waals surface area contributed by atoms with Gasteiger partial charge in [-0.05, 0) is 35.4 Å². The summed E-state index contributed by atoms with van der Waals surface area (Å²) in [5.41, 5.74) is 2.31. The lowest BCUT2D eigenvalue weighted by Gasteiger charge is -2.05. The molecule has 3 nitrogen and oxygen atoms in total. The van der Waals surface area contributed by atoms with Gasteiger partial charge in [0.15, 0.2) is 0 Å². The van der Waals surface area contributed by atoms with E-state index in [4.69, 9.17) is 10.5 Å². The molecule has 0 amide bonds. The Morgan fingerprint density at radius 2 is 1.65 bits per heavy atom. The molecule has 0 spiro atoms. The van der Waals surface area contributed by atoms with Gasteiger partial charge in [-0.15, -0.1) is 0 Å². The second-order valence-corrected chi connectivity index (χ2v) is 4.02. The summed E-state index contributed by atoms with van der Waals surface area (Å²) in [5.74, 6) is -0.294. The number of nitrogens with zero attached hydrogens (tertiary/aromatic N) is 2. The molecule has 0 heterocycles. The molecule has 0 saturated heterocycles. The Morgan fingerprint density at radius 3 is 2.30 bits per heavy atom. The first-order valence-corrected chi connectivity index (χ1v) is 5.86. The fraction of sp³-hybridized carbons (Fsp3) is 0. The number of halogens is 1. The second kappa shape index (κ2) is 6.17. The first-order valence-electron chi connectivity index (χ1n) is 5.86. The number of hydrogen-bond donors (Lipinski definition) is 1. The maximum absolute atomic E-state index is 13.2. The zero-order chi connectivity index (χ0) is 14.4. The highest BCUT2D eigenvalue weighted by atomic mass is 19.1. The van der Waals surface area contributed by atoms with Crippen LogP contribution in [-0.2, 0) is 0 Å². The molecule has 0 aliphatic rings. The normalized spacial score (nSPS) is 9.15. The van der Waals surface area contributed by atoms with Crippen LogP contribution >= 0.6 is 0 Å². The lowest BCUT2D eigenvalue weighted by Crippen LogP contribution is -1.90. The molecule has 0 aliphatic carbocycles. The molecule has 0 aromatic heterocycles. The maximum Gasteiger partial charge on any atom is 0.145 e. The van der Waals surface area contributed by atoms with Crippen molar-refractivity contribution in [1.29, 1.82) is 10.5 Å². The van der Waals surface area contributed by atoms with Crippen molar-refractivity contribution in [2.75, 3.05) is 5.32 Å². The smallest absolute Gasteiger partial charge is 0.145 e. The summed E-state index contributed by atoms with van der Waals surface area (Å²) in [7, 11) is 0. The maximum atomic E-state index is 13.2. The summed E-state index contributed by atoms with van der Waals surface area (Å²) in [5, 5.41) is 20.2. The van der Waals surface area contributed by atoms with E-state index in [1.165, 1.54) is 18.3 Å². The fourth-order valence-corrected chi connectivity index (χ4v) is 1.70. The average molecular weight is 263 g/mol. The minimum Gasteiger partial charge on any atom is -0.360 e. The van der Waals surface area contributed by atoms with Gasteiger partial charge in [0.2, 0.25) is 0 Å². The Kier molecular flexibility index (Phi) is 4.11. The monoisotopic (exact) mass is 263 g/mol. The Balaban J connectivity index is 2.28. The number of nitrogens with one attached hydrogen (secondary N) is 1. The zero-order valence-corrected chi connectivity index (χ0v) is 10.5. The number of allylic oxidation sites excluding steroid dienone is 1. The van der Waals surface area contributed by atoms with Crippen molar-refractivity contribution in [3.05, 3.63) is 66.1 Å². The molecule has 0 radical (unpaired) electrons. The first kappa shape index (κ1) is 13.3. The minimum absolute atomic E-state index is 0.0128. The van der Waals surface area contributed by atoms with Crippen LogP contribution in [0.25, 0.3) is 11.1 Å². The zero-order valence-electron chi connectivity index (χ0n) is 10.5. The van der Waals surface area contributed by atoms with Crippen molar-refractivity contribution in [2.24, 2.45) is 0 Å². The molecule has 0 aliphatic heterocycles. The Morgan fingerprint density at radius 1 is 1.00 bits per heavy atom. The van der Waals surface area contributed by atoms with Gasteiger partial charge >= 0.3 is 0 Å². The van der Waals surface area contributed by atoms with Gasteiger partial charge in [-0.3, -0.25) is 0 Å². The molecule has 0 atom stereocenters. The topological polar surface area (TPSA) is 59.6 Å². The summed E-state index contributed by atoms with van der Waals surface area (Å²) >= 11 is 0. The molecule has 2 rings (SSSR count). The highest BCUT2D eigenvalue weighted by Crippen LogP contribution is 2.23. The molecule has 4 heteroatoms.